The number of rotatable bonds is 4. The zero-order chi connectivity index (χ0) is 6.41. The fourth-order valence-electron chi connectivity index (χ4n) is 0.777. The van der Waals surface area contributed by atoms with Crippen molar-refractivity contribution < 1.29 is 0 Å². The number of hydrogen-bond acceptors (Lipinski definition) is 1. The van der Waals surface area contributed by atoms with E-state index in [9.17, 15) is 0 Å². The highest BCUT2D eigenvalue weighted by Crippen LogP contribution is 2.10. The van der Waals surface area contributed by atoms with Crippen molar-refractivity contribution in [1.82, 2.24) is 0 Å². The molecule has 0 saturated heterocycles. The summed E-state index contributed by atoms with van der Waals surface area (Å²) in [5, 5.41) is 0. The van der Waals surface area contributed by atoms with E-state index in [1.165, 1.54) is 18.6 Å². The van der Waals surface area contributed by atoms with Gasteiger partial charge in [-0.15, -0.1) is 0 Å². The van der Waals surface area contributed by atoms with Crippen LogP contribution in [0.2, 0.25) is 0 Å². The predicted molar refractivity (Wildman–Crippen MR) is 41.9 cm³/mol. The summed E-state index contributed by atoms with van der Waals surface area (Å²) < 4.78 is 0. The van der Waals surface area contributed by atoms with E-state index < -0.39 is 0 Å². The van der Waals surface area contributed by atoms with Gasteiger partial charge in [-0.2, -0.15) is 11.8 Å². The summed E-state index contributed by atoms with van der Waals surface area (Å²) in [6, 6.07) is 0. The molecule has 0 amide bonds. The smallest absolute Gasteiger partial charge is 0.00236 e. The van der Waals surface area contributed by atoms with Gasteiger partial charge in [0.25, 0.3) is 0 Å². The first kappa shape index (κ1) is 8.35. The van der Waals surface area contributed by atoms with Crippen LogP contribution in [-0.4, -0.2) is 5.75 Å². The normalized spacial score (nSPS) is 13.9. The van der Waals surface area contributed by atoms with E-state index in [0.717, 1.165) is 5.92 Å². The van der Waals surface area contributed by atoms with Crippen LogP contribution in [0.3, 0.4) is 0 Å². The summed E-state index contributed by atoms with van der Waals surface area (Å²) in [6.07, 6.45) is 6.38. The molecule has 1 unspecified atom stereocenters. The predicted octanol–water partition coefficient (Wildman–Crippen LogP) is 2.95. The second-order valence-electron chi connectivity index (χ2n) is 2.26. The third kappa shape index (κ3) is 4.51. The summed E-state index contributed by atoms with van der Waals surface area (Å²) in [6.45, 7) is 4.51. The third-order valence-corrected chi connectivity index (χ3v) is 1.99. The molecular weight excluding hydrogens is 116 g/mol. The Morgan fingerprint density at radius 1 is 1.62 bits per heavy atom. The molecule has 0 spiro atoms. The highest BCUT2D eigenvalue weighted by atomic mass is 32.2. The second kappa shape index (κ2) is 5.49. The molecule has 0 nitrogen and oxygen atoms in total. The summed E-state index contributed by atoms with van der Waals surface area (Å²) in [5.41, 5.74) is 0. The zero-order valence-corrected chi connectivity index (χ0v) is 6.63. The highest BCUT2D eigenvalue weighted by Gasteiger charge is 1.96. The molecule has 0 rings (SSSR count). The summed E-state index contributed by atoms with van der Waals surface area (Å²) >= 11 is 1.70. The Morgan fingerprint density at radius 2 is 2.25 bits per heavy atom. The molecule has 0 aromatic heterocycles. The maximum absolute atomic E-state index is 3.72. The molecule has 0 bridgehead atoms. The molecule has 0 heterocycles. The molecule has 0 aliphatic heterocycles. The first-order chi connectivity index (χ1) is 3.81. The van der Waals surface area contributed by atoms with Crippen molar-refractivity contribution in [3.8, 4) is 0 Å². The minimum atomic E-state index is 0.863. The minimum Gasteiger partial charge on any atom is -0.161 e. The van der Waals surface area contributed by atoms with Crippen molar-refractivity contribution in [2.45, 2.75) is 26.7 Å². The molecule has 0 aromatic carbocycles. The van der Waals surface area contributed by atoms with Crippen LogP contribution in [0, 0.1) is 12.2 Å². The molecule has 0 aromatic rings. The van der Waals surface area contributed by atoms with Gasteiger partial charge >= 0.3 is 0 Å². The molecule has 1 atom stereocenters. The largest absolute Gasteiger partial charge is 0.161 e. The zero-order valence-electron chi connectivity index (χ0n) is 5.81. The maximum Gasteiger partial charge on any atom is 0.00236 e. The van der Waals surface area contributed by atoms with E-state index in [0.29, 0.717) is 0 Å². The van der Waals surface area contributed by atoms with Gasteiger partial charge in [0.1, 0.15) is 0 Å². The van der Waals surface area contributed by atoms with Crippen molar-refractivity contribution >= 4 is 11.8 Å². The van der Waals surface area contributed by atoms with Gasteiger partial charge < -0.3 is 0 Å². The average molecular weight is 131 g/mol. The van der Waals surface area contributed by atoms with Gasteiger partial charge in [0, 0.05) is 6.26 Å². The van der Waals surface area contributed by atoms with Crippen molar-refractivity contribution in [2.24, 2.45) is 5.92 Å². The van der Waals surface area contributed by atoms with E-state index in [4.69, 9.17) is 0 Å². The fraction of sp³-hybridized carbons (Fsp3) is 0.857. The van der Waals surface area contributed by atoms with E-state index >= 15 is 0 Å². The molecule has 1 radical (unpaired) electrons. The number of hydrogen-bond donors (Lipinski definition) is 0. The van der Waals surface area contributed by atoms with Crippen molar-refractivity contribution in [2.75, 3.05) is 5.75 Å². The Labute approximate surface area is 57.1 Å². The van der Waals surface area contributed by atoms with Crippen LogP contribution >= 0.6 is 11.8 Å². The van der Waals surface area contributed by atoms with E-state index in [2.05, 4.69) is 20.1 Å². The summed E-state index contributed by atoms with van der Waals surface area (Å²) in [5.74, 6) is 2.08. The van der Waals surface area contributed by atoms with Crippen molar-refractivity contribution in [1.29, 1.82) is 0 Å². The Morgan fingerprint density at radius 3 is 2.62 bits per heavy atom. The quantitative estimate of drug-likeness (QED) is 0.565. The van der Waals surface area contributed by atoms with E-state index in [-0.39, 0.29) is 0 Å². The van der Waals surface area contributed by atoms with Gasteiger partial charge in [-0.25, -0.2) is 0 Å². The molecule has 0 N–H and O–H groups in total. The van der Waals surface area contributed by atoms with Crippen LogP contribution < -0.4 is 0 Å². The molecule has 0 saturated carbocycles. The first-order valence-electron chi connectivity index (χ1n) is 3.18. The SMILES string of the molecule is [CH2]SCC(C)CCC. The van der Waals surface area contributed by atoms with Gasteiger partial charge in [-0.05, 0) is 11.7 Å². The molecule has 0 fully saturated rings. The highest BCUT2D eigenvalue weighted by molar-refractivity contribution is 8.00. The van der Waals surface area contributed by atoms with E-state index in [1.807, 2.05) is 0 Å². The van der Waals surface area contributed by atoms with Gasteiger partial charge in [-0.3, -0.25) is 0 Å². The summed E-state index contributed by atoms with van der Waals surface area (Å²) in [7, 11) is 0. The molecule has 0 aliphatic rings. The van der Waals surface area contributed by atoms with Crippen molar-refractivity contribution in [3.63, 3.8) is 0 Å². The molecular formula is C7H15S. The third-order valence-electron chi connectivity index (χ3n) is 1.18. The Balaban J connectivity index is 2.92. The van der Waals surface area contributed by atoms with Crippen LogP contribution in [0.1, 0.15) is 26.7 Å². The fourth-order valence-corrected chi connectivity index (χ4v) is 1.35. The van der Waals surface area contributed by atoms with Crippen LogP contribution in [0.4, 0.5) is 0 Å². The second-order valence-corrected chi connectivity index (χ2v) is 3.01. The molecule has 8 heavy (non-hydrogen) atoms. The van der Waals surface area contributed by atoms with Crippen LogP contribution in [-0.2, 0) is 0 Å². The lowest BCUT2D eigenvalue weighted by molar-refractivity contribution is 0.586. The lowest BCUT2D eigenvalue weighted by atomic mass is 10.1. The Hall–Kier alpha value is 0.350. The minimum absolute atomic E-state index is 0.863. The standard InChI is InChI=1S/C7H15S/c1-4-5-7(2)6-8-3/h7H,3-6H2,1-2H3. The number of thioether (sulfide) groups is 1. The topological polar surface area (TPSA) is 0 Å². The van der Waals surface area contributed by atoms with Crippen molar-refractivity contribution in [3.05, 3.63) is 6.26 Å². The average Bonchev–Trinajstić information content (AvgIpc) is 1.68. The molecule has 0 aliphatic carbocycles. The van der Waals surface area contributed by atoms with Crippen LogP contribution in [0.15, 0.2) is 0 Å². The van der Waals surface area contributed by atoms with Gasteiger partial charge in [0.05, 0.1) is 0 Å². The van der Waals surface area contributed by atoms with Gasteiger partial charge in [0.2, 0.25) is 0 Å². The Kier molecular flexibility index (Phi) is 5.73. The Bertz CT molecular complexity index is 37.7. The van der Waals surface area contributed by atoms with Crippen LogP contribution in [0.25, 0.3) is 0 Å². The monoisotopic (exact) mass is 131 g/mol. The van der Waals surface area contributed by atoms with Gasteiger partial charge in [0.15, 0.2) is 0 Å². The first-order valence-corrected chi connectivity index (χ1v) is 4.33. The maximum atomic E-state index is 3.72. The summed E-state index contributed by atoms with van der Waals surface area (Å²) in [4.78, 5) is 0. The lowest BCUT2D eigenvalue weighted by Gasteiger charge is -2.05. The molecule has 49 valence electrons. The lowest BCUT2D eigenvalue weighted by Crippen LogP contribution is -1.95. The van der Waals surface area contributed by atoms with Crippen LogP contribution in [0.5, 0.6) is 0 Å². The molecule has 1 heteroatoms. The van der Waals surface area contributed by atoms with E-state index in [1.54, 1.807) is 11.8 Å². The van der Waals surface area contributed by atoms with Gasteiger partial charge in [-0.1, -0.05) is 26.7 Å².